The molecule has 0 saturated carbocycles. The fourth-order valence-electron chi connectivity index (χ4n) is 2.25. The number of nitro groups is 1. The van der Waals surface area contributed by atoms with Crippen molar-refractivity contribution < 1.29 is 22.8 Å². The molecule has 0 N–H and O–H groups in total. The van der Waals surface area contributed by atoms with Gasteiger partial charge in [0.25, 0.3) is 5.69 Å². The normalized spacial score (nSPS) is 11.4. The van der Waals surface area contributed by atoms with E-state index in [4.69, 9.17) is 0 Å². The van der Waals surface area contributed by atoms with E-state index >= 15 is 0 Å². The van der Waals surface area contributed by atoms with Crippen LogP contribution in [0.3, 0.4) is 0 Å². The average Bonchev–Trinajstić information content (AvgIpc) is 2.48. The summed E-state index contributed by atoms with van der Waals surface area (Å²) in [5.74, 6) is 0. The number of hydrogen-bond acceptors (Lipinski definition) is 3. The number of hydrogen-bond donors (Lipinski definition) is 0. The first kappa shape index (κ1) is 16.7. The summed E-state index contributed by atoms with van der Waals surface area (Å²) in [6, 6.07) is 7.69. The maximum Gasteiger partial charge on any atom is 0.416 e. The zero-order valence-corrected chi connectivity index (χ0v) is 11.9. The SMILES string of the molecule is O=[N+]([O-])c1ccccc1CCCc1cc(C(F)(F)F)cc[n+]1[O-]. The molecule has 23 heavy (non-hydrogen) atoms. The summed E-state index contributed by atoms with van der Waals surface area (Å²) in [5.41, 5.74) is -0.447. The Bertz CT molecular complexity index is 717. The summed E-state index contributed by atoms with van der Waals surface area (Å²) in [6.07, 6.45) is -2.97. The molecule has 0 unspecified atom stereocenters. The standard InChI is InChI=1S/C15H13F3N2O3/c16-15(17,18)12-8-9-19(21)13(10-12)6-3-5-11-4-1-2-7-14(11)20(22)23/h1-2,4,7-10H,3,5-6H2. The molecule has 2 rings (SSSR count). The van der Waals surface area contributed by atoms with Crippen molar-refractivity contribution in [2.45, 2.75) is 25.4 Å². The number of pyridine rings is 1. The quantitative estimate of drug-likeness (QED) is 0.366. The van der Waals surface area contributed by atoms with Crippen molar-refractivity contribution in [1.29, 1.82) is 0 Å². The van der Waals surface area contributed by atoms with Crippen LogP contribution in [0.25, 0.3) is 0 Å². The second kappa shape index (κ2) is 6.64. The Kier molecular flexibility index (Phi) is 4.83. The molecule has 0 atom stereocenters. The number of aromatic nitrogens is 1. The highest BCUT2D eigenvalue weighted by Crippen LogP contribution is 2.29. The molecule has 1 aromatic heterocycles. The molecule has 0 amide bonds. The van der Waals surface area contributed by atoms with Gasteiger partial charge in [-0.25, -0.2) is 0 Å². The Hall–Kier alpha value is -2.64. The van der Waals surface area contributed by atoms with E-state index in [-0.39, 0.29) is 17.8 Å². The van der Waals surface area contributed by atoms with E-state index < -0.39 is 16.7 Å². The van der Waals surface area contributed by atoms with Gasteiger partial charge in [-0.2, -0.15) is 17.9 Å². The first-order chi connectivity index (χ1) is 10.8. The largest absolute Gasteiger partial charge is 0.619 e. The monoisotopic (exact) mass is 326 g/mol. The third-order valence-electron chi connectivity index (χ3n) is 3.39. The molecule has 0 bridgehead atoms. The Balaban J connectivity index is 2.09. The second-order valence-electron chi connectivity index (χ2n) is 4.97. The lowest BCUT2D eigenvalue weighted by atomic mass is 10.0. The molecule has 0 aliphatic carbocycles. The lowest BCUT2D eigenvalue weighted by Crippen LogP contribution is -2.32. The second-order valence-corrected chi connectivity index (χ2v) is 4.97. The molecule has 0 aliphatic heterocycles. The number of benzene rings is 1. The van der Waals surface area contributed by atoms with Crippen LogP contribution in [0.4, 0.5) is 18.9 Å². The lowest BCUT2D eigenvalue weighted by Gasteiger charge is -2.09. The van der Waals surface area contributed by atoms with Crippen LogP contribution in [-0.4, -0.2) is 4.92 Å². The van der Waals surface area contributed by atoms with Crippen LogP contribution < -0.4 is 4.73 Å². The van der Waals surface area contributed by atoms with Crippen LogP contribution in [0.5, 0.6) is 0 Å². The van der Waals surface area contributed by atoms with Crippen molar-refractivity contribution in [3.63, 3.8) is 0 Å². The van der Waals surface area contributed by atoms with E-state index in [1.165, 1.54) is 6.07 Å². The number of alkyl halides is 3. The maximum atomic E-state index is 12.6. The minimum absolute atomic E-state index is 0.0154. The van der Waals surface area contributed by atoms with Crippen LogP contribution in [0.2, 0.25) is 0 Å². The number of para-hydroxylation sites is 1. The van der Waals surface area contributed by atoms with E-state index in [0.717, 1.165) is 18.3 Å². The Morgan fingerprint density at radius 2 is 1.83 bits per heavy atom. The topological polar surface area (TPSA) is 70.1 Å². The van der Waals surface area contributed by atoms with Crippen LogP contribution in [0.15, 0.2) is 42.6 Å². The molecule has 5 nitrogen and oxygen atoms in total. The molecule has 0 spiro atoms. The Labute approximate surface area is 129 Å². The van der Waals surface area contributed by atoms with Gasteiger partial charge in [-0.05, 0) is 12.8 Å². The van der Waals surface area contributed by atoms with Crippen molar-refractivity contribution >= 4 is 5.69 Å². The number of nitrogens with zero attached hydrogens (tertiary/aromatic N) is 2. The molecule has 122 valence electrons. The van der Waals surface area contributed by atoms with Gasteiger partial charge in [0.2, 0.25) is 0 Å². The van der Waals surface area contributed by atoms with Crippen molar-refractivity contribution in [2.24, 2.45) is 0 Å². The van der Waals surface area contributed by atoms with Crippen molar-refractivity contribution in [3.05, 3.63) is 74.7 Å². The highest BCUT2D eigenvalue weighted by atomic mass is 19.4. The summed E-state index contributed by atoms with van der Waals surface area (Å²) in [7, 11) is 0. The fraction of sp³-hybridized carbons (Fsp3) is 0.267. The van der Waals surface area contributed by atoms with Crippen molar-refractivity contribution in [1.82, 2.24) is 0 Å². The minimum atomic E-state index is -4.51. The van der Waals surface area contributed by atoms with Crippen LogP contribution in [-0.2, 0) is 19.0 Å². The number of aryl methyl sites for hydroxylation is 2. The molecule has 0 saturated heterocycles. The first-order valence-corrected chi connectivity index (χ1v) is 6.80. The van der Waals surface area contributed by atoms with E-state index in [9.17, 15) is 28.5 Å². The zero-order chi connectivity index (χ0) is 17.0. The van der Waals surface area contributed by atoms with Gasteiger partial charge >= 0.3 is 6.18 Å². The maximum absolute atomic E-state index is 12.6. The van der Waals surface area contributed by atoms with Crippen LogP contribution in [0.1, 0.15) is 23.2 Å². The van der Waals surface area contributed by atoms with Gasteiger partial charge in [0.1, 0.15) is 0 Å². The van der Waals surface area contributed by atoms with Gasteiger partial charge < -0.3 is 5.21 Å². The molecule has 0 radical (unpaired) electrons. The van der Waals surface area contributed by atoms with Gasteiger partial charge in [0, 0.05) is 30.2 Å². The fourth-order valence-corrected chi connectivity index (χ4v) is 2.25. The summed E-state index contributed by atoms with van der Waals surface area (Å²) < 4.78 is 38.3. The van der Waals surface area contributed by atoms with E-state index in [0.29, 0.717) is 23.1 Å². The van der Waals surface area contributed by atoms with Crippen LogP contribution >= 0.6 is 0 Å². The Morgan fingerprint density at radius 3 is 2.48 bits per heavy atom. The molecule has 1 heterocycles. The lowest BCUT2D eigenvalue weighted by molar-refractivity contribution is -0.614. The smallest absolute Gasteiger partial charge is 0.416 e. The first-order valence-electron chi connectivity index (χ1n) is 6.80. The van der Waals surface area contributed by atoms with Gasteiger partial charge in [-0.3, -0.25) is 10.1 Å². The van der Waals surface area contributed by atoms with Gasteiger partial charge in [0.15, 0.2) is 11.9 Å². The van der Waals surface area contributed by atoms with Gasteiger partial charge in [-0.1, -0.05) is 18.2 Å². The highest BCUT2D eigenvalue weighted by molar-refractivity contribution is 5.39. The molecular weight excluding hydrogens is 313 g/mol. The summed E-state index contributed by atoms with van der Waals surface area (Å²) >= 11 is 0. The summed E-state index contributed by atoms with van der Waals surface area (Å²) in [4.78, 5) is 10.4. The number of nitro benzene ring substituents is 1. The predicted molar refractivity (Wildman–Crippen MR) is 75.5 cm³/mol. The van der Waals surface area contributed by atoms with Crippen LogP contribution in [0, 0.1) is 15.3 Å². The minimum Gasteiger partial charge on any atom is -0.619 e. The van der Waals surface area contributed by atoms with Crippen molar-refractivity contribution in [2.75, 3.05) is 0 Å². The molecule has 8 heteroatoms. The molecule has 0 fully saturated rings. The molecule has 0 aliphatic rings. The third kappa shape index (κ3) is 4.18. The molecule has 2 aromatic rings. The van der Waals surface area contributed by atoms with E-state index in [1.54, 1.807) is 18.2 Å². The van der Waals surface area contributed by atoms with E-state index in [2.05, 4.69) is 0 Å². The Morgan fingerprint density at radius 1 is 1.13 bits per heavy atom. The average molecular weight is 326 g/mol. The third-order valence-corrected chi connectivity index (χ3v) is 3.39. The summed E-state index contributed by atoms with van der Waals surface area (Å²) in [6.45, 7) is 0. The van der Waals surface area contributed by atoms with E-state index in [1.807, 2.05) is 0 Å². The van der Waals surface area contributed by atoms with Gasteiger partial charge in [-0.15, -0.1) is 0 Å². The highest BCUT2D eigenvalue weighted by Gasteiger charge is 2.32. The van der Waals surface area contributed by atoms with Gasteiger partial charge in [0.05, 0.1) is 10.5 Å². The number of halogens is 3. The predicted octanol–water partition coefficient (Wildman–Crippen LogP) is 3.42. The molecule has 1 aromatic carbocycles. The zero-order valence-electron chi connectivity index (χ0n) is 11.9. The number of rotatable bonds is 5. The summed E-state index contributed by atoms with van der Waals surface area (Å²) in [5, 5.41) is 22.4. The van der Waals surface area contributed by atoms with Crippen molar-refractivity contribution in [3.8, 4) is 0 Å². The molecular formula is C15H13F3N2O3.